The molecular formula is C11H11N3O. The molecule has 0 spiro atoms. The second kappa shape index (κ2) is 4.06. The largest absolute Gasteiger partial charge is 0.294 e. The van der Waals surface area contributed by atoms with Crippen molar-refractivity contribution in [2.24, 2.45) is 5.84 Å². The fourth-order valence-electron chi connectivity index (χ4n) is 1.42. The molecule has 3 N–H and O–H groups in total. The molecule has 2 rings (SSSR count). The third-order valence-electron chi connectivity index (χ3n) is 2.16. The highest BCUT2D eigenvalue weighted by atomic mass is 16.2. The van der Waals surface area contributed by atoms with E-state index in [1.54, 1.807) is 0 Å². The molecule has 0 fully saturated rings. The Morgan fingerprint density at radius 3 is 2.87 bits per heavy atom. The summed E-state index contributed by atoms with van der Waals surface area (Å²) in [5, 5.41) is 1.06. The van der Waals surface area contributed by atoms with Crippen molar-refractivity contribution in [3.8, 4) is 0 Å². The number of fused-ring (bicyclic) bond motifs is 1. The zero-order valence-corrected chi connectivity index (χ0v) is 8.10. The Balaban J connectivity index is 2.34. The summed E-state index contributed by atoms with van der Waals surface area (Å²) in [6.45, 7) is 0. The third kappa shape index (κ3) is 2.11. The molecule has 0 aliphatic rings. The van der Waals surface area contributed by atoms with Crippen LogP contribution in [0, 0.1) is 0 Å². The van der Waals surface area contributed by atoms with E-state index < -0.39 is 0 Å². The Hall–Kier alpha value is -1.94. The molecule has 1 amide bonds. The number of rotatable bonds is 2. The molecule has 0 bridgehead atoms. The molecule has 2 aromatic rings. The average molecular weight is 201 g/mol. The lowest BCUT2D eigenvalue weighted by atomic mass is 10.2. The van der Waals surface area contributed by atoms with E-state index in [9.17, 15) is 4.79 Å². The zero-order valence-electron chi connectivity index (χ0n) is 8.10. The number of aromatic nitrogens is 1. The zero-order chi connectivity index (χ0) is 10.7. The Morgan fingerprint density at radius 2 is 2.07 bits per heavy atom. The smallest absolute Gasteiger partial charge is 0.239 e. The van der Waals surface area contributed by atoms with E-state index in [-0.39, 0.29) is 12.3 Å². The fourth-order valence-corrected chi connectivity index (χ4v) is 1.42. The van der Waals surface area contributed by atoms with Crippen molar-refractivity contribution in [2.75, 3.05) is 0 Å². The van der Waals surface area contributed by atoms with Crippen molar-refractivity contribution in [2.45, 2.75) is 6.42 Å². The van der Waals surface area contributed by atoms with Crippen molar-refractivity contribution in [1.29, 1.82) is 0 Å². The van der Waals surface area contributed by atoms with E-state index in [1.807, 2.05) is 36.4 Å². The number of pyridine rings is 1. The molecule has 0 saturated carbocycles. The summed E-state index contributed by atoms with van der Waals surface area (Å²) in [5.41, 5.74) is 3.69. The Kier molecular flexibility index (Phi) is 2.60. The standard InChI is InChI=1S/C11H11N3O/c12-14-11(15)7-9-6-5-8-3-1-2-4-10(8)13-9/h1-6H,7,12H2,(H,14,15). The maximum Gasteiger partial charge on any atom is 0.239 e. The fraction of sp³-hybridized carbons (Fsp3) is 0.0909. The first-order chi connectivity index (χ1) is 7.29. The highest BCUT2D eigenvalue weighted by molar-refractivity contribution is 5.81. The summed E-state index contributed by atoms with van der Waals surface area (Å²) >= 11 is 0. The van der Waals surface area contributed by atoms with Crippen LogP contribution in [-0.2, 0) is 11.2 Å². The maximum atomic E-state index is 11.0. The number of nitrogens with one attached hydrogen (secondary N) is 1. The molecule has 0 radical (unpaired) electrons. The first-order valence-corrected chi connectivity index (χ1v) is 4.64. The monoisotopic (exact) mass is 201 g/mol. The number of nitrogens with zero attached hydrogens (tertiary/aromatic N) is 1. The lowest BCUT2D eigenvalue weighted by molar-refractivity contribution is -0.120. The first kappa shape index (κ1) is 9.61. The van der Waals surface area contributed by atoms with Gasteiger partial charge in [0.15, 0.2) is 0 Å². The summed E-state index contributed by atoms with van der Waals surface area (Å²) in [6, 6.07) is 11.5. The minimum atomic E-state index is -0.238. The van der Waals surface area contributed by atoms with Crippen LogP contribution in [0.4, 0.5) is 0 Å². The van der Waals surface area contributed by atoms with Gasteiger partial charge in [-0.15, -0.1) is 0 Å². The summed E-state index contributed by atoms with van der Waals surface area (Å²) in [6.07, 6.45) is 0.210. The van der Waals surface area contributed by atoms with E-state index >= 15 is 0 Å². The summed E-state index contributed by atoms with van der Waals surface area (Å²) in [5.74, 6) is 4.77. The molecule has 76 valence electrons. The normalized spacial score (nSPS) is 10.2. The van der Waals surface area contributed by atoms with Crippen molar-refractivity contribution < 1.29 is 4.79 Å². The van der Waals surface area contributed by atoms with Crippen LogP contribution in [-0.4, -0.2) is 10.9 Å². The predicted octanol–water partition coefficient (Wildman–Crippen LogP) is 0.767. The van der Waals surface area contributed by atoms with Crippen LogP contribution in [0.3, 0.4) is 0 Å². The molecule has 1 aromatic carbocycles. The maximum absolute atomic E-state index is 11.0. The van der Waals surface area contributed by atoms with E-state index in [1.165, 1.54) is 0 Å². The number of carbonyl (C=O) groups is 1. The highest BCUT2D eigenvalue weighted by Gasteiger charge is 2.03. The van der Waals surface area contributed by atoms with Gasteiger partial charge in [-0.1, -0.05) is 24.3 Å². The van der Waals surface area contributed by atoms with Crippen LogP contribution < -0.4 is 11.3 Å². The van der Waals surface area contributed by atoms with Crippen LogP contribution in [0.5, 0.6) is 0 Å². The molecule has 0 unspecified atom stereocenters. The van der Waals surface area contributed by atoms with E-state index in [2.05, 4.69) is 10.4 Å². The second-order valence-corrected chi connectivity index (χ2v) is 3.24. The Labute approximate surface area is 87.1 Å². The molecule has 4 heteroatoms. The van der Waals surface area contributed by atoms with Crippen LogP contribution >= 0.6 is 0 Å². The van der Waals surface area contributed by atoms with Crippen molar-refractivity contribution >= 4 is 16.8 Å². The van der Waals surface area contributed by atoms with Gasteiger partial charge in [-0.2, -0.15) is 0 Å². The summed E-state index contributed by atoms with van der Waals surface area (Å²) in [7, 11) is 0. The highest BCUT2D eigenvalue weighted by Crippen LogP contribution is 2.11. The van der Waals surface area contributed by atoms with Gasteiger partial charge in [0.25, 0.3) is 0 Å². The van der Waals surface area contributed by atoms with Crippen LogP contribution in [0.1, 0.15) is 5.69 Å². The number of hydrogen-bond donors (Lipinski definition) is 2. The SMILES string of the molecule is NNC(=O)Cc1ccc2ccccc2n1. The molecular weight excluding hydrogens is 190 g/mol. The third-order valence-corrected chi connectivity index (χ3v) is 2.16. The van der Waals surface area contributed by atoms with Crippen molar-refractivity contribution in [3.63, 3.8) is 0 Å². The number of para-hydroxylation sites is 1. The van der Waals surface area contributed by atoms with E-state index in [0.29, 0.717) is 0 Å². The van der Waals surface area contributed by atoms with Crippen LogP contribution in [0.2, 0.25) is 0 Å². The van der Waals surface area contributed by atoms with Crippen molar-refractivity contribution in [1.82, 2.24) is 10.4 Å². The molecule has 4 nitrogen and oxygen atoms in total. The summed E-state index contributed by atoms with van der Waals surface area (Å²) < 4.78 is 0. The van der Waals surface area contributed by atoms with Crippen molar-refractivity contribution in [3.05, 3.63) is 42.1 Å². The molecule has 0 aliphatic heterocycles. The molecule has 1 heterocycles. The van der Waals surface area contributed by atoms with Gasteiger partial charge in [-0.05, 0) is 12.1 Å². The van der Waals surface area contributed by atoms with Gasteiger partial charge < -0.3 is 0 Å². The topological polar surface area (TPSA) is 68.0 Å². The predicted molar refractivity (Wildman–Crippen MR) is 57.8 cm³/mol. The Bertz CT molecular complexity index is 496. The number of benzene rings is 1. The minimum Gasteiger partial charge on any atom is -0.294 e. The van der Waals surface area contributed by atoms with Gasteiger partial charge >= 0.3 is 0 Å². The average Bonchev–Trinajstić information content (AvgIpc) is 2.29. The minimum absolute atomic E-state index is 0.210. The van der Waals surface area contributed by atoms with Crippen LogP contribution in [0.25, 0.3) is 10.9 Å². The van der Waals surface area contributed by atoms with E-state index in [4.69, 9.17) is 5.84 Å². The lowest BCUT2D eigenvalue weighted by Crippen LogP contribution is -2.31. The quantitative estimate of drug-likeness (QED) is 0.428. The van der Waals surface area contributed by atoms with Crippen LogP contribution in [0.15, 0.2) is 36.4 Å². The summed E-state index contributed by atoms with van der Waals surface area (Å²) in [4.78, 5) is 15.4. The van der Waals surface area contributed by atoms with Gasteiger partial charge in [-0.3, -0.25) is 15.2 Å². The van der Waals surface area contributed by atoms with Gasteiger partial charge in [0, 0.05) is 5.39 Å². The van der Waals surface area contributed by atoms with Gasteiger partial charge in [-0.25, -0.2) is 5.84 Å². The number of nitrogens with two attached hydrogens (primary N) is 1. The molecule has 0 atom stereocenters. The number of carbonyl (C=O) groups excluding carboxylic acids is 1. The van der Waals surface area contributed by atoms with Gasteiger partial charge in [0.05, 0.1) is 17.6 Å². The van der Waals surface area contributed by atoms with E-state index in [0.717, 1.165) is 16.6 Å². The Morgan fingerprint density at radius 1 is 1.27 bits per heavy atom. The number of hydrazine groups is 1. The molecule has 1 aromatic heterocycles. The number of amides is 1. The van der Waals surface area contributed by atoms with Gasteiger partial charge in [0.2, 0.25) is 5.91 Å². The van der Waals surface area contributed by atoms with Gasteiger partial charge in [0.1, 0.15) is 0 Å². The molecule has 0 saturated heterocycles. The number of hydrogen-bond acceptors (Lipinski definition) is 3. The lowest BCUT2D eigenvalue weighted by Gasteiger charge is -2.01. The molecule has 0 aliphatic carbocycles. The first-order valence-electron chi connectivity index (χ1n) is 4.64. The molecule has 15 heavy (non-hydrogen) atoms. The second-order valence-electron chi connectivity index (χ2n) is 3.24.